The number of piperazine rings is 1. The van der Waals surface area contributed by atoms with E-state index in [1.807, 2.05) is 18.2 Å². The number of nitrogens with one attached hydrogen (secondary N) is 1. The highest BCUT2D eigenvalue weighted by Gasteiger charge is 2.12. The smallest absolute Gasteiger partial charge is 0.151 e. The first-order valence-corrected chi connectivity index (χ1v) is 5.62. The maximum Gasteiger partial charge on any atom is 0.151 e. The summed E-state index contributed by atoms with van der Waals surface area (Å²) >= 11 is 0. The van der Waals surface area contributed by atoms with E-state index in [0.29, 0.717) is 0 Å². The topological polar surface area (TPSA) is 41.1 Å². The summed E-state index contributed by atoms with van der Waals surface area (Å²) in [5.74, 6) is 0.986. The lowest BCUT2D eigenvalue weighted by molar-refractivity contribution is 0.583. The molecule has 3 rings (SSSR count). The molecule has 1 fully saturated rings. The molecule has 4 heteroatoms. The van der Waals surface area contributed by atoms with E-state index in [-0.39, 0.29) is 0 Å². The molecule has 2 heterocycles. The highest BCUT2D eigenvalue weighted by molar-refractivity contribution is 5.80. The second-order valence-electron chi connectivity index (χ2n) is 4.00. The van der Waals surface area contributed by atoms with Crippen molar-refractivity contribution in [1.82, 2.24) is 15.5 Å². The van der Waals surface area contributed by atoms with Crippen LogP contribution in [0.2, 0.25) is 0 Å². The molecular weight excluding hydrogens is 200 g/mol. The molecule has 0 spiro atoms. The van der Waals surface area contributed by atoms with Gasteiger partial charge in [0.2, 0.25) is 0 Å². The van der Waals surface area contributed by atoms with E-state index in [1.54, 1.807) is 0 Å². The van der Waals surface area contributed by atoms with Crippen molar-refractivity contribution >= 4 is 16.7 Å². The van der Waals surface area contributed by atoms with Crippen LogP contribution >= 0.6 is 0 Å². The molecule has 1 aromatic heterocycles. The van der Waals surface area contributed by atoms with Crippen molar-refractivity contribution in [3.63, 3.8) is 0 Å². The minimum absolute atomic E-state index is 0.960. The van der Waals surface area contributed by atoms with E-state index < -0.39 is 0 Å². The maximum absolute atomic E-state index is 4.28. The minimum Gasteiger partial charge on any atom is -0.353 e. The fourth-order valence-corrected chi connectivity index (χ4v) is 2.02. The predicted octanol–water partition coefficient (Wildman–Crippen LogP) is 1.04. The van der Waals surface area contributed by atoms with Gasteiger partial charge in [-0.1, -0.05) is 18.2 Å². The Morgan fingerprint density at radius 1 is 1.06 bits per heavy atom. The number of hydrogen-bond donors (Lipinski definition) is 1. The monoisotopic (exact) mass is 214 g/mol. The van der Waals surface area contributed by atoms with Crippen molar-refractivity contribution in [2.75, 3.05) is 31.1 Å². The largest absolute Gasteiger partial charge is 0.353 e. The standard InChI is InChI=1S/C12H14N4/c1-2-4-11-10(3-1)9-12(15-14-11)16-7-5-13-6-8-16/h1-4,9,13H,5-8H2. The zero-order chi connectivity index (χ0) is 10.8. The summed E-state index contributed by atoms with van der Waals surface area (Å²) < 4.78 is 0. The van der Waals surface area contributed by atoms with Crippen LogP contribution in [0, 0.1) is 0 Å². The molecule has 0 bridgehead atoms. The zero-order valence-electron chi connectivity index (χ0n) is 9.06. The fourth-order valence-electron chi connectivity index (χ4n) is 2.02. The van der Waals surface area contributed by atoms with Gasteiger partial charge in [-0.05, 0) is 12.1 Å². The van der Waals surface area contributed by atoms with Crippen molar-refractivity contribution in [2.24, 2.45) is 0 Å². The Morgan fingerprint density at radius 3 is 2.75 bits per heavy atom. The van der Waals surface area contributed by atoms with Gasteiger partial charge in [0.25, 0.3) is 0 Å². The van der Waals surface area contributed by atoms with Gasteiger partial charge in [-0.15, -0.1) is 10.2 Å². The molecule has 0 amide bonds. The number of fused-ring (bicyclic) bond motifs is 1. The van der Waals surface area contributed by atoms with E-state index in [1.165, 1.54) is 0 Å². The van der Waals surface area contributed by atoms with Crippen LogP contribution in [0.4, 0.5) is 5.82 Å². The van der Waals surface area contributed by atoms with Gasteiger partial charge < -0.3 is 10.2 Å². The van der Waals surface area contributed by atoms with Crippen LogP contribution in [-0.2, 0) is 0 Å². The van der Waals surface area contributed by atoms with Gasteiger partial charge in [-0.3, -0.25) is 0 Å². The van der Waals surface area contributed by atoms with E-state index in [9.17, 15) is 0 Å². The summed E-state index contributed by atoms with van der Waals surface area (Å²) in [5, 5.41) is 13.0. The van der Waals surface area contributed by atoms with Crippen LogP contribution in [0.15, 0.2) is 30.3 Å². The molecule has 1 saturated heterocycles. The molecule has 1 aliphatic rings. The lowest BCUT2D eigenvalue weighted by Crippen LogP contribution is -2.43. The molecule has 1 aliphatic heterocycles. The van der Waals surface area contributed by atoms with Gasteiger partial charge in [0.1, 0.15) is 0 Å². The maximum atomic E-state index is 4.28. The SMILES string of the molecule is c1ccc2nnc(N3CCNCC3)cc2c1. The van der Waals surface area contributed by atoms with Crippen LogP contribution in [0.25, 0.3) is 10.9 Å². The first kappa shape index (κ1) is 9.54. The summed E-state index contributed by atoms with van der Waals surface area (Å²) in [5.41, 5.74) is 0.960. The molecule has 0 aliphatic carbocycles. The van der Waals surface area contributed by atoms with Crippen LogP contribution in [0.5, 0.6) is 0 Å². The number of hydrogen-bond acceptors (Lipinski definition) is 4. The molecular formula is C12H14N4. The quantitative estimate of drug-likeness (QED) is 0.770. The van der Waals surface area contributed by atoms with Gasteiger partial charge in [-0.2, -0.15) is 0 Å². The second kappa shape index (κ2) is 4.06. The number of nitrogens with zero attached hydrogens (tertiary/aromatic N) is 3. The Kier molecular flexibility index (Phi) is 2.42. The highest BCUT2D eigenvalue weighted by Crippen LogP contribution is 2.17. The van der Waals surface area contributed by atoms with Crippen molar-refractivity contribution in [1.29, 1.82) is 0 Å². The molecule has 2 aromatic rings. The summed E-state index contributed by atoms with van der Waals surface area (Å²) in [6.07, 6.45) is 0. The van der Waals surface area contributed by atoms with E-state index in [0.717, 1.165) is 42.9 Å². The first-order valence-electron chi connectivity index (χ1n) is 5.62. The summed E-state index contributed by atoms with van der Waals surface area (Å²) in [4.78, 5) is 2.27. The molecule has 0 unspecified atom stereocenters. The third-order valence-electron chi connectivity index (χ3n) is 2.92. The molecule has 0 saturated carbocycles. The molecule has 4 nitrogen and oxygen atoms in total. The van der Waals surface area contributed by atoms with Gasteiger partial charge >= 0.3 is 0 Å². The number of aromatic nitrogens is 2. The summed E-state index contributed by atoms with van der Waals surface area (Å²) in [6.45, 7) is 4.06. The predicted molar refractivity (Wildman–Crippen MR) is 64.6 cm³/mol. The average Bonchev–Trinajstić information content (AvgIpc) is 2.39. The van der Waals surface area contributed by atoms with Crippen molar-refractivity contribution < 1.29 is 0 Å². The van der Waals surface area contributed by atoms with Gasteiger partial charge in [-0.25, -0.2) is 0 Å². The van der Waals surface area contributed by atoms with Crippen LogP contribution in [-0.4, -0.2) is 36.4 Å². The lowest BCUT2D eigenvalue weighted by atomic mass is 10.2. The Balaban J connectivity index is 1.97. The molecule has 1 aromatic carbocycles. The second-order valence-corrected chi connectivity index (χ2v) is 4.00. The van der Waals surface area contributed by atoms with Crippen molar-refractivity contribution in [3.8, 4) is 0 Å². The molecule has 16 heavy (non-hydrogen) atoms. The molecule has 1 N–H and O–H groups in total. The highest BCUT2D eigenvalue weighted by atomic mass is 15.3. The van der Waals surface area contributed by atoms with Gasteiger partial charge in [0.05, 0.1) is 5.52 Å². The Bertz CT molecular complexity index is 491. The first-order chi connectivity index (χ1) is 7.93. The molecule has 0 radical (unpaired) electrons. The normalized spacial score (nSPS) is 16.6. The van der Waals surface area contributed by atoms with Crippen LogP contribution in [0.1, 0.15) is 0 Å². The van der Waals surface area contributed by atoms with Crippen molar-refractivity contribution in [2.45, 2.75) is 0 Å². The Hall–Kier alpha value is -1.68. The van der Waals surface area contributed by atoms with Crippen LogP contribution in [0.3, 0.4) is 0 Å². The van der Waals surface area contributed by atoms with E-state index in [2.05, 4.69) is 32.5 Å². The minimum atomic E-state index is 0.960. The number of anilines is 1. The Morgan fingerprint density at radius 2 is 1.88 bits per heavy atom. The average molecular weight is 214 g/mol. The fraction of sp³-hybridized carbons (Fsp3) is 0.333. The summed E-state index contributed by atoms with van der Waals surface area (Å²) in [7, 11) is 0. The third kappa shape index (κ3) is 1.72. The summed E-state index contributed by atoms with van der Waals surface area (Å²) in [6, 6.07) is 10.2. The molecule has 82 valence electrons. The van der Waals surface area contributed by atoms with Crippen molar-refractivity contribution in [3.05, 3.63) is 30.3 Å². The zero-order valence-corrected chi connectivity index (χ0v) is 9.06. The van der Waals surface area contributed by atoms with Gasteiger partial charge in [0.15, 0.2) is 5.82 Å². The third-order valence-corrected chi connectivity index (χ3v) is 2.92. The Labute approximate surface area is 94.3 Å². The lowest BCUT2D eigenvalue weighted by Gasteiger charge is -2.27. The van der Waals surface area contributed by atoms with Crippen LogP contribution < -0.4 is 10.2 Å². The van der Waals surface area contributed by atoms with E-state index >= 15 is 0 Å². The number of rotatable bonds is 1. The van der Waals surface area contributed by atoms with Gasteiger partial charge in [0, 0.05) is 31.6 Å². The van der Waals surface area contributed by atoms with E-state index in [4.69, 9.17) is 0 Å². The molecule has 0 atom stereocenters. The number of benzene rings is 1.